The molecule has 2 aliphatic rings. The van der Waals surface area contributed by atoms with Gasteiger partial charge >= 0.3 is 5.97 Å². The predicted octanol–water partition coefficient (Wildman–Crippen LogP) is 2.68. The van der Waals surface area contributed by atoms with Crippen LogP contribution in [0.5, 0.6) is 0 Å². The number of carboxylic acid groups (broad SMARTS) is 1. The van der Waals surface area contributed by atoms with E-state index in [0.717, 1.165) is 12.8 Å². The van der Waals surface area contributed by atoms with Gasteiger partial charge in [-0.05, 0) is 18.8 Å². The van der Waals surface area contributed by atoms with Gasteiger partial charge in [-0.3, -0.25) is 4.79 Å². The zero-order chi connectivity index (χ0) is 10.4. The van der Waals surface area contributed by atoms with E-state index in [4.69, 9.17) is 5.11 Å². The Bertz CT molecular complexity index is 265. The van der Waals surface area contributed by atoms with Crippen LogP contribution in [0.2, 0.25) is 0 Å². The summed E-state index contributed by atoms with van der Waals surface area (Å²) in [5, 5.41) is 9.10. The summed E-state index contributed by atoms with van der Waals surface area (Å²) in [6.07, 6.45) is 2.10. The Balaban J connectivity index is 2.30. The van der Waals surface area contributed by atoms with E-state index in [-0.39, 0.29) is 12.3 Å². The van der Waals surface area contributed by atoms with Crippen LogP contribution in [0, 0.1) is 11.3 Å². The van der Waals surface area contributed by atoms with Crippen molar-refractivity contribution in [3.05, 3.63) is 0 Å². The lowest BCUT2D eigenvalue weighted by Crippen LogP contribution is -2.37. The maximum atomic E-state index is 13.2. The fraction of sp³-hybridized carbons (Fsp3) is 0.900. The predicted molar refractivity (Wildman–Crippen MR) is 46.2 cm³/mol. The van der Waals surface area contributed by atoms with Crippen LogP contribution in [0.25, 0.3) is 0 Å². The number of alkyl halides is 2. The van der Waals surface area contributed by atoms with Gasteiger partial charge in [-0.2, -0.15) is 0 Å². The highest BCUT2D eigenvalue weighted by Gasteiger charge is 2.60. The second-order valence-corrected chi connectivity index (χ2v) is 4.64. The number of carbonyl (C=O) groups is 1. The molecule has 2 aliphatic carbocycles. The van der Waals surface area contributed by atoms with Gasteiger partial charge in [-0.15, -0.1) is 0 Å². The monoisotopic (exact) mass is 204 g/mol. The van der Waals surface area contributed by atoms with Gasteiger partial charge in [-0.1, -0.05) is 12.8 Å². The smallest absolute Gasteiger partial charge is 0.310 e. The van der Waals surface area contributed by atoms with Crippen molar-refractivity contribution >= 4 is 5.97 Å². The highest BCUT2D eigenvalue weighted by molar-refractivity contribution is 5.76. The van der Waals surface area contributed by atoms with E-state index >= 15 is 0 Å². The fourth-order valence-corrected chi connectivity index (χ4v) is 3.09. The van der Waals surface area contributed by atoms with Gasteiger partial charge < -0.3 is 5.11 Å². The van der Waals surface area contributed by atoms with Crippen molar-refractivity contribution in [2.24, 2.45) is 11.3 Å². The molecule has 0 saturated heterocycles. The molecule has 2 rings (SSSR count). The largest absolute Gasteiger partial charge is 0.481 e. The summed E-state index contributed by atoms with van der Waals surface area (Å²) in [5.41, 5.74) is -1.11. The molecule has 0 amide bonds. The van der Waals surface area contributed by atoms with Crippen molar-refractivity contribution in [1.82, 2.24) is 0 Å². The molecule has 0 radical (unpaired) electrons. The molecule has 0 aromatic heterocycles. The third-order valence-electron chi connectivity index (χ3n) is 3.75. The molecule has 80 valence electrons. The molecule has 14 heavy (non-hydrogen) atoms. The lowest BCUT2D eigenvalue weighted by atomic mass is 9.68. The van der Waals surface area contributed by atoms with Crippen LogP contribution in [0.15, 0.2) is 0 Å². The maximum Gasteiger partial charge on any atom is 0.310 e. The van der Waals surface area contributed by atoms with Crippen molar-refractivity contribution in [2.45, 2.75) is 44.4 Å². The molecule has 2 atom stereocenters. The third-order valence-corrected chi connectivity index (χ3v) is 3.75. The lowest BCUT2D eigenvalue weighted by Gasteiger charge is -2.34. The maximum absolute atomic E-state index is 13.2. The Kier molecular flexibility index (Phi) is 2.05. The van der Waals surface area contributed by atoms with Gasteiger partial charge in [0.25, 0.3) is 0 Å². The minimum Gasteiger partial charge on any atom is -0.481 e. The molecule has 0 aromatic rings. The number of rotatable bonds is 1. The summed E-state index contributed by atoms with van der Waals surface area (Å²) in [6.45, 7) is 0. The molecule has 2 nitrogen and oxygen atoms in total. The van der Waals surface area contributed by atoms with E-state index in [9.17, 15) is 13.6 Å². The van der Waals surface area contributed by atoms with Gasteiger partial charge in [0.1, 0.15) is 0 Å². The molecule has 0 aromatic carbocycles. The number of halogens is 2. The Morgan fingerprint density at radius 3 is 2.64 bits per heavy atom. The second kappa shape index (κ2) is 2.91. The minimum atomic E-state index is -2.76. The molecule has 1 N–H and O–H groups in total. The molecule has 2 fully saturated rings. The van der Waals surface area contributed by atoms with Crippen molar-refractivity contribution in [2.75, 3.05) is 0 Å². The first-order valence-corrected chi connectivity index (χ1v) is 5.08. The first-order valence-electron chi connectivity index (χ1n) is 5.08. The average molecular weight is 204 g/mol. The number of carboxylic acids is 1. The van der Waals surface area contributed by atoms with Gasteiger partial charge in [0.2, 0.25) is 5.92 Å². The number of fused-ring (bicyclic) bond motifs is 1. The van der Waals surface area contributed by atoms with Crippen LogP contribution >= 0.6 is 0 Å². The summed E-state index contributed by atoms with van der Waals surface area (Å²) < 4.78 is 26.4. The summed E-state index contributed by atoms with van der Waals surface area (Å²) in [7, 11) is 0. The first kappa shape index (κ1) is 9.87. The summed E-state index contributed by atoms with van der Waals surface area (Å²) in [5.74, 6) is -4.07. The van der Waals surface area contributed by atoms with Crippen molar-refractivity contribution in [3.8, 4) is 0 Å². The van der Waals surface area contributed by atoms with E-state index in [1.165, 1.54) is 0 Å². The molecule has 0 spiro atoms. The first-order chi connectivity index (χ1) is 6.46. The summed E-state index contributed by atoms with van der Waals surface area (Å²) >= 11 is 0. The van der Waals surface area contributed by atoms with Crippen LogP contribution in [0.3, 0.4) is 0 Å². The topological polar surface area (TPSA) is 37.3 Å². The summed E-state index contributed by atoms with van der Waals surface area (Å²) in [4.78, 5) is 11.1. The van der Waals surface area contributed by atoms with E-state index in [0.29, 0.717) is 12.8 Å². The molecule has 0 bridgehead atoms. The van der Waals surface area contributed by atoms with Gasteiger partial charge in [0, 0.05) is 12.8 Å². The summed E-state index contributed by atoms with van der Waals surface area (Å²) in [6, 6.07) is 0. The van der Waals surface area contributed by atoms with Crippen LogP contribution < -0.4 is 0 Å². The van der Waals surface area contributed by atoms with E-state index in [1.807, 2.05) is 0 Å². The fourth-order valence-electron chi connectivity index (χ4n) is 3.09. The molecule has 2 saturated carbocycles. The molecule has 4 heteroatoms. The Morgan fingerprint density at radius 1 is 1.36 bits per heavy atom. The van der Waals surface area contributed by atoms with Crippen molar-refractivity contribution < 1.29 is 18.7 Å². The van der Waals surface area contributed by atoms with Crippen molar-refractivity contribution in [1.29, 1.82) is 0 Å². The minimum absolute atomic E-state index is 0.223. The third kappa shape index (κ3) is 1.31. The molecule has 0 heterocycles. The van der Waals surface area contributed by atoms with Gasteiger partial charge in [-0.25, -0.2) is 8.78 Å². The Morgan fingerprint density at radius 2 is 2.07 bits per heavy atom. The zero-order valence-corrected chi connectivity index (χ0v) is 7.93. The number of hydrogen-bond donors (Lipinski definition) is 1. The Labute approximate surface area is 81.3 Å². The average Bonchev–Trinajstić information content (AvgIpc) is 2.35. The molecular formula is C10H14F2O2. The number of hydrogen-bond acceptors (Lipinski definition) is 1. The lowest BCUT2D eigenvalue weighted by molar-refractivity contribution is -0.154. The molecule has 0 aliphatic heterocycles. The highest BCUT2D eigenvalue weighted by atomic mass is 19.3. The zero-order valence-electron chi connectivity index (χ0n) is 7.93. The van der Waals surface area contributed by atoms with E-state index < -0.39 is 23.7 Å². The number of aliphatic carboxylic acids is 1. The SMILES string of the molecule is O=C(O)C12CCCCC1CC(F)(F)C2. The Hall–Kier alpha value is -0.670. The highest BCUT2D eigenvalue weighted by Crippen LogP contribution is 2.57. The van der Waals surface area contributed by atoms with Gasteiger partial charge in [0.15, 0.2) is 0 Å². The van der Waals surface area contributed by atoms with Crippen LogP contribution in [0.1, 0.15) is 38.5 Å². The van der Waals surface area contributed by atoms with Gasteiger partial charge in [0.05, 0.1) is 5.41 Å². The van der Waals surface area contributed by atoms with E-state index in [2.05, 4.69) is 0 Å². The quantitative estimate of drug-likeness (QED) is 0.713. The van der Waals surface area contributed by atoms with Crippen molar-refractivity contribution in [3.63, 3.8) is 0 Å². The van der Waals surface area contributed by atoms with Crippen LogP contribution in [-0.4, -0.2) is 17.0 Å². The van der Waals surface area contributed by atoms with Crippen LogP contribution in [-0.2, 0) is 4.79 Å². The van der Waals surface area contributed by atoms with Crippen LogP contribution in [0.4, 0.5) is 8.78 Å². The standard InChI is InChI=1S/C10H14F2O2/c11-10(12)5-7-3-1-2-4-9(7,6-10)8(13)14/h7H,1-6H2,(H,13,14). The van der Waals surface area contributed by atoms with E-state index in [1.54, 1.807) is 0 Å². The molecule has 2 unspecified atom stereocenters. The second-order valence-electron chi connectivity index (χ2n) is 4.64. The molecular weight excluding hydrogens is 190 g/mol. The normalized spacial score (nSPS) is 40.6.